The number of hydrogen-bond acceptors (Lipinski definition) is 1. The Morgan fingerprint density at radius 1 is 0.704 bits per heavy atom. The summed E-state index contributed by atoms with van der Waals surface area (Å²) in [5, 5.41) is 7.60. The maximum absolute atomic E-state index is 6.20. The van der Waals surface area contributed by atoms with Gasteiger partial charge >= 0.3 is 29.6 Å². The van der Waals surface area contributed by atoms with E-state index in [2.05, 4.69) is 85.4 Å². The molecule has 0 bridgehead atoms. The summed E-state index contributed by atoms with van der Waals surface area (Å²) in [7, 11) is 0. The predicted molar refractivity (Wildman–Crippen MR) is 118 cm³/mol. The van der Waals surface area contributed by atoms with Crippen LogP contribution < -0.4 is 4.74 Å². The SMILES string of the molecule is C=Cc1ccc(COc2ccc3ccc4cccc5ccc2c3c45)cc1.[NaH]. The Morgan fingerprint density at radius 2 is 1.33 bits per heavy atom. The van der Waals surface area contributed by atoms with Crippen LogP contribution in [-0.2, 0) is 6.61 Å². The van der Waals surface area contributed by atoms with Crippen LogP contribution in [0.2, 0.25) is 0 Å². The average Bonchev–Trinajstić information content (AvgIpc) is 2.71. The summed E-state index contributed by atoms with van der Waals surface area (Å²) in [6.45, 7) is 4.35. The first-order valence-electron chi connectivity index (χ1n) is 8.84. The molecule has 0 heterocycles. The molecule has 1 nitrogen and oxygen atoms in total. The summed E-state index contributed by atoms with van der Waals surface area (Å²) in [6.07, 6.45) is 1.85. The standard InChI is InChI=1S/C25H18O.Na.H/c1-2-17-6-8-18(9-7-17)16-26-23-15-13-21-11-10-19-4-3-5-20-12-14-22(23)25(21)24(19)20;;/h2-15H,1,16H2;;. The Kier molecular flexibility index (Phi) is 4.92. The van der Waals surface area contributed by atoms with Gasteiger partial charge in [-0.15, -0.1) is 0 Å². The first kappa shape index (κ1) is 18.1. The van der Waals surface area contributed by atoms with E-state index >= 15 is 0 Å². The molecule has 5 aromatic rings. The fraction of sp³-hybridized carbons (Fsp3) is 0.0400. The first-order valence-corrected chi connectivity index (χ1v) is 8.84. The van der Waals surface area contributed by atoms with E-state index in [1.54, 1.807) is 0 Å². The molecule has 0 saturated carbocycles. The van der Waals surface area contributed by atoms with Gasteiger partial charge < -0.3 is 4.74 Å². The molecule has 0 unspecified atom stereocenters. The van der Waals surface area contributed by atoms with Gasteiger partial charge in [0.05, 0.1) is 0 Å². The van der Waals surface area contributed by atoms with Crippen molar-refractivity contribution in [2.75, 3.05) is 0 Å². The van der Waals surface area contributed by atoms with Crippen molar-refractivity contribution in [1.82, 2.24) is 0 Å². The molecule has 0 spiro atoms. The van der Waals surface area contributed by atoms with Gasteiger partial charge in [0.25, 0.3) is 0 Å². The molecule has 0 saturated heterocycles. The molecular formula is C25H19NaO. The summed E-state index contributed by atoms with van der Waals surface area (Å²) in [6, 6.07) is 27.8. The Balaban J connectivity index is 0.00000180. The van der Waals surface area contributed by atoms with E-state index in [0.717, 1.165) is 16.9 Å². The zero-order chi connectivity index (χ0) is 17.5. The van der Waals surface area contributed by atoms with Gasteiger partial charge in [-0.2, -0.15) is 0 Å². The second-order valence-electron chi connectivity index (χ2n) is 6.65. The van der Waals surface area contributed by atoms with Gasteiger partial charge in [-0.25, -0.2) is 0 Å². The van der Waals surface area contributed by atoms with Gasteiger partial charge in [-0.05, 0) is 44.8 Å². The van der Waals surface area contributed by atoms with Crippen molar-refractivity contribution in [2.24, 2.45) is 0 Å². The van der Waals surface area contributed by atoms with Crippen molar-refractivity contribution in [3.05, 3.63) is 96.6 Å². The normalized spacial score (nSPS) is 11.0. The molecule has 0 aliphatic heterocycles. The van der Waals surface area contributed by atoms with Crippen LogP contribution in [0, 0.1) is 0 Å². The third-order valence-electron chi connectivity index (χ3n) is 5.10. The number of benzene rings is 5. The van der Waals surface area contributed by atoms with Gasteiger partial charge in [-0.1, -0.05) is 79.4 Å². The zero-order valence-electron chi connectivity index (χ0n) is 14.4. The van der Waals surface area contributed by atoms with E-state index in [4.69, 9.17) is 4.74 Å². The van der Waals surface area contributed by atoms with Crippen LogP contribution in [0.1, 0.15) is 11.1 Å². The summed E-state index contributed by atoms with van der Waals surface area (Å²) in [4.78, 5) is 0. The van der Waals surface area contributed by atoms with Gasteiger partial charge in [0.15, 0.2) is 0 Å². The first-order chi connectivity index (χ1) is 12.8. The fourth-order valence-electron chi connectivity index (χ4n) is 3.75. The molecule has 0 amide bonds. The molecule has 0 aliphatic rings. The van der Waals surface area contributed by atoms with E-state index in [1.807, 2.05) is 6.08 Å². The molecule has 0 radical (unpaired) electrons. The van der Waals surface area contributed by atoms with Crippen LogP contribution in [0.5, 0.6) is 5.75 Å². The van der Waals surface area contributed by atoms with Crippen LogP contribution in [0.15, 0.2) is 85.4 Å². The molecule has 2 heteroatoms. The van der Waals surface area contributed by atoms with Crippen molar-refractivity contribution in [2.45, 2.75) is 6.61 Å². The minimum atomic E-state index is 0. The summed E-state index contributed by atoms with van der Waals surface area (Å²) in [5.41, 5.74) is 2.28. The van der Waals surface area contributed by atoms with Crippen LogP contribution in [0.25, 0.3) is 38.4 Å². The van der Waals surface area contributed by atoms with E-state index in [1.165, 1.54) is 32.3 Å². The molecular weight excluding hydrogens is 339 g/mol. The van der Waals surface area contributed by atoms with Crippen LogP contribution >= 0.6 is 0 Å². The third kappa shape index (κ3) is 3.12. The fourth-order valence-corrected chi connectivity index (χ4v) is 3.75. The van der Waals surface area contributed by atoms with Gasteiger partial charge in [0.1, 0.15) is 12.4 Å². The Morgan fingerprint density at radius 3 is 2.04 bits per heavy atom. The van der Waals surface area contributed by atoms with E-state index < -0.39 is 0 Å². The van der Waals surface area contributed by atoms with Gasteiger partial charge in [0, 0.05) is 10.8 Å². The van der Waals surface area contributed by atoms with Crippen LogP contribution in [0.4, 0.5) is 0 Å². The Labute approximate surface area is 180 Å². The Hall–Kier alpha value is -2.32. The Bertz CT molecular complexity index is 1220. The van der Waals surface area contributed by atoms with E-state index in [-0.39, 0.29) is 29.6 Å². The number of ether oxygens (including phenoxy) is 1. The van der Waals surface area contributed by atoms with Crippen molar-refractivity contribution in [3.8, 4) is 5.75 Å². The quantitative estimate of drug-likeness (QED) is 0.276. The molecule has 0 fully saturated rings. The second kappa shape index (κ2) is 7.36. The van der Waals surface area contributed by atoms with Crippen molar-refractivity contribution in [1.29, 1.82) is 0 Å². The molecule has 5 rings (SSSR count). The second-order valence-corrected chi connectivity index (χ2v) is 6.65. The average molecular weight is 358 g/mol. The number of hydrogen-bond donors (Lipinski definition) is 0. The van der Waals surface area contributed by atoms with Gasteiger partial charge in [0.2, 0.25) is 0 Å². The summed E-state index contributed by atoms with van der Waals surface area (Å²) in [5.74, 6) is 0.934. The van der Waals surface area contributed by atoms with Crippen molar-refractivity contribution in [3.63, 3.8) is 0 Å². The molecule has 5 aromatic carbocycles. The predicted octanol–water partition coefficient (Wildman–Crippen LogP) is 6.16. The monoisotopic (exact) mass is 358 g/mol. The molecule has 0 aliphatic carbocycles. The minimum absolute atomic E-state index is 0. The molecule has 0 aromatic heterocycles. The number of rotatable bonds is 4. The van der Waals surface area contributed by atoms with Crippen LogP contribution in [-0.4, -0.2) is 29.6 Å². The zero-order valence-corrected chi connectivity index (χ0v) is 14.4. The molecule has 27 heavy (non-hydrogen) atoms. The van der Waals surface area contributed by atoms with E-state index in [0.29, 0.717) is 6.61 Å². The van der Waals surface area contributed by atoms with E-state index in [9.17, 15) is 0 Å². The van der Waals surface area contributed by atoms with Gasteiger partial charge in [-0.3, -0.25) is 0 Å². The summed E-state index contributed by atoms with van der Waals surface area (Å²) < 4.78 is 6.20. The summed E-state index contributed by atoms with van der Waals surface area (Å²) >= 11 is 0. The van der Waals surface area contributed by atoms with Crippen molar-refractivity contribution >= 4 is 68.0 Å². The topological polar surface area (TPSA) is 9.23 Å². The molecule has 0 N–H and O–H groups in total. The molecule has 126 valence electrons. The van der Waals surface area contributed by atoms with Crippen LogP contribution in [0.3, 0.4) is 0 Å². The third-order valence-corrected chi connectivity index (χ3v) is 5.10. The van der Waals surface area contributed by atoms with Crippen molar-refractivity contribution < 1.29 is 4.74 Å². The maximum atomic E-state index is 6.20. The molecule has 0 atom stereocenters.